The van der Waals surface area contributed by atoms with Crippen LogP contribution in [0.5, 0.6) is 0 Å². The molecular weight excluding hydrogens is 589 g/mol. The Kier molecular flexibility index (Phi) is 7.24. The normalized spacial score (nSPS) is 20.2. The van der Waals surface area contributed by atoms with Crippen LogP contribution in [0.2, 0.25) is 0 Å². The number of amides is 2. The Morgan fingerprint density at radius 2 is 1.98 bits per heavy atom. The number of aromatic nitrogens is 2. The number of halogens is 1. The fraction of sp³-hybridized carbons (Fsp3) is 0.419. The number of hydrogen-bond acceptors (Lipinski definition) is 9. The minimum atomic E-state index is -2.06. The Morgan fingerprint density at radius 3 is 2.62 bits per heavy atom. The zero-order chi connectivity index (χ0) is 32.5. The topological polar surface area (TPSA) is 208 Å². The van der Waals surface area contributed by atoms with Gasteiger partial charge in [0, 0.05) is 29.0 Å². The molecule has 0 radical (unpaired) electrons. The number of cyclic esters (lactones) is 1. The third-order valence-corrected chi connectivity index (χ3v) is 9.43. The highest BCUT2D eigenvalue weighted by atomic mass is 19.1. The lowest BCUT2D eigenvalue weighted by Gasteiger charge is -2.40. The fourth-order valence-electron chi connectivity index (χ4n) is 7.14. The summed E-state index contributed by atoms with van der Waals surface area (Å²) in [5, 5.41) is 22.0. The summed E-state index contributed by atoms with van der Waals surface area (Å²) in [7, 11) is 0. The predicted octanol–water partition coefficient (Wildman–Crippen LogP) is 1.02. The summed E-state index contributed by atoms with van der Waals surface area (Å²) in [6.07, 6.45) is -0.114. The van der Waals surface area contributed by atoms with Crippen LogP contribution < -0.4 is 17.0 Å². The van der Waals surface area contributed by atoms with Crippen LogP contribution in [-0.2, 0) is 49.1 Å². The number of aliphatic carboxylic acids is 1. The number of carboxylic acid groups (broad SMARTS) is 1. The Bertz CT molecular complexity index is 1910. The number of carbonyl (C=O) groups is 4. The van der Waals surface area contributed by atoms with Crippen LogP contribution in [0.25, 0.3) is 22.3 Å². The summed E-state index contributed by atoms with van der Waals surface area (Å²) in [5.74, 6) is -4.14. The number of nitrogens with zero attached hydrogens (tertiary/aromatic N) is 3. The molecule has 14 heteroatoms. The zero-order valence-corrected chi connectivity index (χ0v) is 24.7. The molecule has 0 bridgehead atoms. The highest BCUT2D eigenvalue weighted by molar-refractivity contribution is 5.94. The highest BCUT2D eigenvalue weighted by Crippen LogP contribution is 2.48. The molecule has 0 saturated carbocycles. The summed E-state index contributed by atoms with van der Waals surface area (Å²) in [6.45, 7) is 2.35. The maximum atomic E-state index is 15.2. The summed E-state index contributed by atoms with van der Waals surface area (Å²) in [4.78, 5) is 70.1. The first-order valence-electron chi connectivity index (χ1n) is 14.7. The third-order valence-electron chi connectivity index (χ3n) is 9.43. The van der Waals surface area contributed by atoms with Crippen LogP contribution in [0.4, 0.5) is 4.39 Å². The molecule has 2 aliphatic heterocycles. The Morgan fingerprint density at radius 1 is 1.24 bits per heavy atom. The maximum absolute atomic E-state index is 15.2. The number of hydrogen-bond donors (Lipinski definition) is 4. The average molecular weight is 622 g/mol. The van der Waals surface area contributed by atoms with Gasteiger partial charge in [-0.05, 0) is 55.4 Å². The lowest BCUT2D eigenvalue weighted by Crippen LogP contribution is -2.50. The molecule has 1 aliphatic carbocycles. The molecule has 0 saturated heterocycles. The monoisotopic (exact) mass is 621 g/mol. The number of carboxylic acids is 1. The van der Waals surface area contributed by atoms with Gasteiger partial charge in [0.05, 0.1) is 41.6 Å². The molecule has 3 aliphatic rings. The molecule has 6 N–H and O–H groups in total. The van der Waals surface area contributed by atoms with E-state index in [2.05, 4.69) is 0 Å². The van der Waals surface area contributed by atoms with E-state index in [-0.39, 0.29) is 66.9 Å². The number of aryl methyl sites for hydroxylation is 1. The van der Waals surface area contributed by atoms with E-state index >= 15 is 4.39 Å². The van der Waals surface area contributed by atoms with Gasteiger partial charge in [0.1, 0.15) is 18.5 Å². The fourth-order valence-corrected chi connectivity index (χ4v) is 7.14. The number of primary amides is 1. The number of ether oxygens (including phenoxy) is 1. The van der Waals surface area contributed by atoms with E-state index in [0.29, 0.717) is 34.1 Å². The molecule has 0 fully saturated rings. The Balaban J connectivity index is 1.65. The van der Waals surface area contributed by atoms with E-state index in [0.717, 1.165) is 0 Å². The van der Waals surface area contributed by atoms with Crippen molar-refractivity contribution in [3.05, 3.63) is 61.7 Å². The molecule has 2 aromatic heterocycles. The van der Waals surface area contributed by atoms with Crippen molar-refractivity contribution in [2.24, 2.45) is 11.5 Å². The van der Waals surface area contributed by atoms with E-state index in [4.69, 9.17) is 21.2 Å². The van der Waals surface area contributed by atoms with Crippen molar-refractivity contribution in [1.82, 2.24) is 14.5 Å². The molecule has 6 rings (SSSR count). The molecule has 0 spiro atoms. The van der Waals surface area contributed by atoms with Gasteiger partial charge in [0.25, 0.3) is 5.56 Å². The second kappa shape index (κ2) is 10.7. The lowest BCUT2D eigenvalue weighted by molar-refractivity contribution is -0.172. The van der Waals surface area contributed by atoms with E-state index in [1.165, 1.54) is 21.6 Å². The first-order chi connectivity index (χ1) is 21.3. The summed E-state index contributed by atoms with van der Waals surface area (Å²) in [6, 6.07) is 0.443. The molecular formula is C31H32FN5O8. The van der Waals surface area contributed by atoms with Gasteiger partial charge in [-0.2, -0.15) is 0 Å². The second-order valence-electron chi connectivity index (χ2n) is 11.7. The predicted molar refractivity (Wildman–Crippen MR) is 156 cm³/mol. The minimum Gasteiger partial charge on any atom is -0.480 e. The van der Waals surface area contributed by atoms with Crippen molar-refractivity contribution in [1.29, 1.82) is 0 Å². The van der Waals surface area contributed by atoms with Crippen LogP contribution in [0.1, 0.15) is 72.0 Å². The van der Waals surface area contributed by atoms with Crippen molar-refractivity contribution in [3.8, 4) is 11.4 Å². The van der Waals surface area contributed by atoms with Crippen LogP contribution >= 0.6 is 0 Å². The van der Waals surface area contributed by atoms with Gasteiger partial charge >= 0.3 is 11.9 Å². The number of benzene rings is 1. The number of pyridine rings is 2. The van der Waals surface area contributed by atoms with Gasteiger partial charge in [-0.25, -0.2) is 19.0 Å². The smallest absolute Gasteiger partial charge is 0.343 e. The number of carbonyl (C=O) groups excluding carboxylic acids is 3. The zero-order valence-electron chi connectivity index (χ0n) is 24.7. The second-order valence-corrected chi connectivity index (χ2v) is 11.7. The number of rotatable bonds is 8. The summed E-state index contributed by atoms with van der Waals surface area (Å²) in [5.41, 5.74) is 11.6. The van der Waals surface area contributed by atoms with Gasteiger partial charge in [-0.3, -0.25) is 14.4 Å². The number of aliphatic hydroxyl groups is 1. The van der Waals surface area contributed by atoms with Gasteiger partial charge in [-0.1, -0.05) is 6.92 Å². The van der Waals surface area contributed by atoms with E-state index in [1.54, 1.807) is 13.8 Å². The Labute approximate surface area is 255 Å². The molecule has 45 heavy (non-hydrogen) atoms. The molecule has 3 atom stereocenters. The van der Waals surface area contributed by atoms with Crippen molar-refractivity contribution < 1.29 is 38.5 Å². The molecule has 1 aromatic carbocycles. The first-order valence-corrected chi connectivity index (χ1v) is 14.7. The van der Waals surface area contributed by atoms with Gasteiger partial charge in [0.15, 0.2) is 5.60 Å². The molecule has 236 valence electrons. The number of nitrogens with two attached hydrogens (primary N) is 2. The summed E-state index contributed by atoms with van der Waals surface area (Å²) >= 11 is 0. The number of esters is 1. The van der Waals surface area contributed by atoms with Gasteiger partial charge < -0.3 is 35.9 Å². The number of fused-ring (bicyclic) bond motifs is 5. The first kappa shape index (κ1) is 30.3. The summed E-state index contributed by atoms with van der Waals surface area (Å²) < 4.78 is 21.8. The van der Waals surface area contributed by atoms with Crippen molar-refractivity contribution in [2.45, 2.75) is 76.8 Å². The third kappa shape index (κ3) is 4.42. The minimum absolute atomic E-state index is 0.0242. The van der Waals surface area contributed by atoms with Crippen molar-refractivity contribution in [3.63, 3.8) is 0 Å². The van der Waals surface area contributed by atoms with E-state index in [1.807, 2.05) is 0 Å². The standard InChI is InChI=1S/C31H32FN5O8/c1-3-31(44)17-8-22-27-15(11-36(22)28(40)16(17)12-45-30(31)43)26-20(5-4-14-13(2)18(32)9-19(35-27)25(14)26)37(24(39)10-33)21(29(41)42)6-7-23(34)38/h8-9,20-21,44H,3-7,10-12,33H2,1-2H3,(H2,34,38)(H,41,42)/t20-,21-,31-/m0/s1. The van der Waals surface area contributed by atoms with Crippen molar-refractivity contribution >= 4 is 34.7 Å². The van der Waals surface area contributed by atoms with E-state index in [9.17, 15) is 34.2 Å². The highest BCUT2D eigenvalue weighted by Gasteiger charge is 2.46. The largest absolute Gasteiger partial charge is 0.480 e. The van der Waals surface area contributed by atoms with Gasteiger partial charge in [0.2, 0.25) is 11.8 Å². The molecule has 0 unspecified atom stereocenters. The van der Waals surface area contributed by atoms with Crippen LogP contribution in [-0.4, -0.2) is 61.0 Å². The molecule has 4 heterocycles. The van der Waals surface area contributed by atoms with Crippen LogP contribution in [0.3, 0.4) is 0 Å². The lowest BCUT2D eigenvalue weighted by atomic mass is 9.80. The molecule has 3 aromatic rings. The SMILES string of the molecule is CC[C@@]1(O)C(=O)OCc2c1cc1n(c2=O)Cc2c-1nc1cc(F)c(C)c3c1c2[C@@H](N(C(=O)CN)[C@@H](CCC(N)=O)C(=O)O)CC3. The Hall–Kier alpha value is -4.69. The quantitative estimate of drug-likeness (QED) is 0.205. The van der Waals surface area contributed by atoms with E-state index < -0.39 is 59.4 Å². The van der Waals surface area contributed by atoms with Gasteiger partial charge in [-0.15, -0.1) is 0 Å². The average Bonchev–Trinajstić information content (AvgIpc) is 3.38. The molecule has 13 nitrogen and oxygen atoms in total. The molecule has 2 amide bonds. The maximum Gasteiger partial charge on any atom is 0.343 e. The van der Waals surface area contributed by atoms with Crippen LogP contribution in [0, 0.1) is 12.7 Å². The van der Waals surface area contributed by atoms with Crippen LogP contribution in [0.15, 0.2) is 16.9 Å². The van der Waals surface area contributed by atoms with Crippen molar-refractivity contribution in [2.75, 3.05) is 6.54 Å².